The third-order valence-corrected chi connectivity index (χ3v) is 13.8. The van der Waals surface area contributed by atoms with Crippen molar-refractivity contribution in [1.82, 2.24) is 0 Å². The fraction of sp³-hybridized carbons (Fsp3) is 0.906. The van der Waals surface area contributed by atoms with Gasteiger partial charge in [0.1, 0.15) is 0 Å². The molecule has 6 unspecified atom stereocenters. The van der Waals surface area contributed by atoms with Crippen molar-refractivity contribution in [2.24, 2.45) is 56.7 Å². The van der Waals surface area contributed by atoms with Crippen LogP contribution in [0.3, 0.4) is 0 Å². The normalized spacial score (nSPS) is 52.5. The summed E-state index contributed by atoms with van der Waals surface area (Å²) >= 11 is 0. The number of aliphatic hydroxyl groups excluding tert-OH is 1. The number of carbonyl (C=O) groups is 1. The maximum Gasteiger partial charge on any atom is 0.302 e. The highest BCUT2D eigenvalue weighted by Crippen LogP contribution is 2.77. The van der Waals surface area contributed by atoms with Crippen LogP contribution in [0.4, 0.5) is 0 Å². The molecule has 3 nitrogen and oxygen atoms in total. The van der Waals surface area contributed by atoms with Crippen molar-refractivity contribution in [3.63, 3.8) is 0 Å². The topological polar surface area (TPSA) is 46.5 Å². The van der Waals surface area contributed by atoms with Crippen LogP contribution in [0.2, 0.25) is 0 Å². The summed E-state index contributed by atoms with van der Waals surface area (Å²) in [5, 5.41) is 10.9. The van der Waals surface area contributed by atoms with Gasteiger partial charge in [-0.25, -0.2) is 0 Å². The monoisotopic (exact) mass is 484 g/mol. The van der Waals surface area contributed by atoms with Crippen LogP contribution < -0.4 is 0 Å². The van der Waals surface area contributed by atoms with Crippen molar-refractivity contribution in [3.8, 4) is 0 Å². The molecule has 0 aromatic heterocycles. The first-order valence-electron chi connectivity index (χ1n) is 14.7. The second-order valence-electron chi connectivity index (χ2n) is 15.2. The van der Waals surface area contributed by atoms with Crippen molar-refractivity contribution < 1.29 is 14.6 Å². The quantitative estimate of drug-likeness (QED) is 0.332. The molecule has 0 aromatic rings. The van der Waals surface area contributed by atoms with Crippen molar-refractivity contribution in [1.29, 1.82) is 0 Å². The lowest BCUT2D eigenvalue weighted by Gasteiger charge is -2.73. The number of allylic oxidation sites excluding steroid dienone is 1. The maximum atomic E-state index is 11.9. The van der Waals surface area contributed by atoms with Crippen LogP contribution in [-0.4, -0.2) is 23.8 Å². The Morgan fingerprint density at radius 1 is 0.857 bits per heavy atom. The second-order valence-corrected chi connectivity index (χ2v) is 15.2. The van der Waals surface area contributed by atoms with E-state index in [9.17, 15) is 9.90 Å². The van der Waals surface area contributed by atoms with Crippen LogP contribution in [0.15, 0.2) is 12.2 Å². The molecule has 0 bridgehead atoms. The van der Waals surface area contributed by atoms with Gasteiger partial charge < -0.3 is 9.84 Å². The molecule has 0 saturated heterocycles. The first kappa shape index (κ1) is 25.8. The van der Waals surface area contributed by atoms with E-state index in [1.54, 1.807) is 6.92 Å². The first-order valence-corrected chi connectivity index (χ1v) is 14.7. The molecule has 5 saturated carbocycles. The average Bonchev–Trinajstić information content (AvgIpc) is 3.16. The predicted octanol–water partition coefficient (Wildman–Crippen LogP) is 7.57. The summed E-state index contributed by atoms with van der Waals surface area (Å²) in [5.41, 5.74) is 2.45. The molecule has 5 aliphatic rings. The minimum absolute atomic E-state index is 0.00826. The van der Waals surface area contributed by atoms with E-state index in [0.29, 0.717) is 46.5 Å². The van der Waals surface area contributed by atoms with Crippen LogP contribution >= 0.6 is 0 Å². The second kappa shape index (κ2) is 8.08. The molecule has 0 spiro atoms. The number of aliphatic hydroxyl groups is 1. The van der Waals surface area contributed by atoms with E-state index in [1.165, 1.54) is 63.4 Å². The van der Waals surface area contributed by atoms with E-state index in [1.807, 2.05) is 0 Å². The average molecular weight is 485 g/mol. The SMILES string of the molecule is C=C(C)C1CC[C@]2(COC(C)=O)CC[C@]3(C)C(CCC4[C@@]5(C)CCC(O)C(C)(C)C5CC[C@]43C)C12. The molecule has 10 atom stereocenters. The summed E-state index contributed by atoms with van der Waals surface area (Å²) < 4.78 is 5.79. The molecule has 5 aliphatic carbocycles. The molecule has 198 valence electrons. The Hall–Kier alpha value is -0.830. The van der Waals surface area contributed by atoms with Crippen LogP contribution in [-0.2, 0) is 9.53 Å². The summed E-state index contributed by atoms with van der Waals surface area (Å²) in [6.07, 6.45) is 12.0. The van der Waals surface area contributed by atoms with E-state index in [-0.39, 0.29) is 22.9 Å². The highest BCUT2D eigenvalue weighted by molar-refractivity contribution is 5.65. The maximum absolute atomic E-state index is 11.9. The van der Waals surface area contributed by atoms with E-state index in [2.05, 4.69) is 48.1 Å². The number of ether oxygens (including phenoxy) is 1. The zero-order valence-corrected chi connectivity index (χ0v) is 23.7. The number of hydrogen-bond donors (Lipinski definition) is 1. The van der Waals surface area contributed by atoms with Gasteiger partial charge in [-0.3, -0.25) is 4.79 Å². The fourth-order valence-corrected chi connectivity index (χ4v) is 11.8. The highest BCUT2D eigenvalue weighted by Gasteiger charge is 2.70. The van der Waals surface area contributed by atoms with Gasteiger partial charge in [-0.2, -0.15) is 0 Å². The summed E-state index contributed by atoms with van der Waals surface area (Å²) in [6, 6.07) is 0. The van der Waals surface area contributed by atoms with Gasteiger partial charge in [0.15, 0.2) is 0 Å². The van der Waals surface area contributed by atoms with E-state index >= 15 is 0 Å². The lowest BCUT2D eigenvalue weighted by molar-refractivity contribution is -0.249. The Labute approximate surface area is 214 Å². The third-order valence-electron chi connectivity index (χ3n) is 13.8. The van der Waals surface area contributed by atoms with Crippen LogP contribution in [0, 0.1) is 56.7 Å². The van der Waals surface area contributed by atoms with Gasteiger partial charge in [0.2, 0.25) is 0 Å². The Balaban J connectivity index is 1.53. The molecule has 35 heavy (non-hydrogen) atoms. The minimum atomic E-state index is -0.164. The van der Waals surface area contributed by atoms with Crippen LogP contribution in [0.5, 0.6) is 0 Å². The Kier molecular flexibility index (Phi) is 5.96. The lowest BCUT2D eigenvalue weighted by Crippen LogP contribution is -2.66. The number of carbonyl (C=O) groups excluding carboxylic acids is 1. The van der Waals surface area contributed by atoms with E-state index in [4.69, 9.17) is 4.74 Å². The fourth-order valence-electron chi connectivity index (χ4n) is 11.8. The van der Waals surface area contributed by atoms with E-state index in [0.717, 1.165) is 12.3 Å². The zero-order valence-electron chi connectivity index (χ0n) is 23.7. The minimum Gasteiger partial charge on any atom is -0.465 e. The van der Waals surface area contributed by atoms with E-state index < -0.39 is 0 Å². The molecule has 5 rings (SSSR count). The van der Waals surface area contributed by atoms with Gasteiger partial charge in [0.25, 0.3) is 0 Å². The van der Waals surface area contributed by atoms with Gasteiger partial charge in [-0.15, -0.1) is 0 Å². The smallest absolute Gasteiger partial charge is 0.302 e. The summed E-state index contributed by atoms with van der Waals surface area (Å²) in [5.74, 6) is 3.04. The largest absolute Gasteiger partial charge is 0.465 e. The van der Waals surface area contributed by atoms with Gasteiger partial charge in [0.05, 0.1) is 12.7 Å². The molecular formula is C32H52O3. The molecule has 1 N–H and O–H groups in total. The standard InChI is InChI=1S/C32H52O3/c1-20(2)22-11-16-32(19-35-21(3)33)18-17-30(7)23(27(22)32)9-10-25-29(6)14-13-26(34)28(4,5)24(29)12-15-31(25,30)8/h22-27,34H,1,9-19H2,2-8H3/t22?,23?,24?,25?,26?,27?,29-,30+,31+,32+/m0/s1. The lowest BCUT2D eigenvalue weighted by atomic mass is 9.32. The molecule has 5 fully saturated rings. The van der Waals surface area contributed by atoms with Gasteiger partial charge >= 0.3 is 5.97 Å². The van der Waals surface area contributed by atoms with Crippen molar-refractivity contribution in [2.75, 3.05) is 6.61 Å². The van der Waals surface area contributed by atoms with Crippen molar-refractivity contribution >= 4 is 5.97 Å². The summed E-state index contributed by atoms with van der Waals surface area (Å²) in [4.78, 5) is 11.9. The van der Waals surface area contributed by atoms with Crippen LogP contribution in [0.1, 0.15) is 113 Å². The zero-order chi connectivity index (χ0) is 25.6. The van der Waals surface area contributed by atoms with Crippen molar-refractivity contribution in [3.05, 3.63) is 12.2 Å². The van der Waals surface area contributed by atoms with Gasteiger partial charge in [0, 0.05) is 12.3 Å². The number of hydrogen-bond acceptors (Lipinski definition) is 3. The molecule has 0 heterocycles. The molecule has 3 heteroatoms. The summed E-state index contributed by atoms with van der Waals surface area (Å²) in [7, 11) is 0. The third kappa shape index (κ3) is 3.34. The van der Waals surface area contributed by atoms with Gasteiger partial charge in [-0.1, -0.05) is 46.8 Å². The Bertz CT molecular complexity index is 891. The Morgan fingerprint density at radius 2 is 1.57 bits per heavy atom. The predicted molar refractivity (Wildman–Crippen MR) is 142 cm³/mol. The molecule has 0 radical (unpaired) electrons. The number of fused-ring (bicyclic) bond motifs is 7. The number of esters is 1. The van der Waals surface area contributed by atoms with Gasteiger partial charge in [-0.05, 0) is 122 Å². The molecule has 0 aromatic carbocycles. The first-order chi connectivity index (χ1) is 16.2. The highest BCUT2D eigenvalue weighted by atomic mass is 16.5. The molecular weight excluding hydrogens is 432 g/mol. The molecule has 0 aliphatic heterocycles. The Morgan fingerprint density at radius 3 is 2.23 bits per heavy atom. The van der Waals surface area contributed by atoms with Crippen molar-refractivity contribution in [2.45, 2.75) is 119 Å². The van der Waals surface area contributed by atoms with Crippen LogP contribution in [0.25, 0.3) is 0 Å². The molecule has 0 amide bonds. The number of rotatable bonds is 3. The summed E-state index contributed by atoms with van der Waals surface area (Å²) in [6.45, 7) is 21.5.